The molecule has 1 aliphatic carbocycles. The zero-order valence-electron chi connectivity index (χ0n) is 12.8. The second-order valence-corrected chi connectivity index (χ2v) is 6.34. The third kappa shape index (κ3) is 3.32. The molecule has 1 heterocycles. The van der Waals surface area contributed by atoms with Gasteiger partial charge in [0.05, 0.1) is 19.3 Å². The molecular formula is C17H24N2O3. The number of aliphatic hydroxyl groups excluding tert-OH is 1. The summed E-state index contributed by atoms with van der Waals surface area (Å²) in [5.74, 6) is -0.105. The van der Waals surface area contributed by atoms with E-state index >= 15 is 0 Å². The van der Waals surface area contributed by atoms with E-state index in [9.17, 15) is 9.90 Å². The summed E-state index contributed by atoms with van der Waals surface area (Å²) in [4.78, 5) is 13.7. The molecule has 3 atom stereocenters. The number of hydrogen-bond donors (Lipinski definition) is 2. The van der Waals surface area contributed by atoms with Crippen molar-refractivity contribution in [3.8, 4) is 0 Å². The maximum absolute atomic E-state index is 11.3. The average Bonchev–Trinajstić information content (AvgIpc) is 2.94. The summed E-state index contributed by atoms with van der Waals surface area (Å²) in [5, 5.41) is 10.2. The van der Waals surface area contributed by atoms with Crippen molar-refractivity contribution in [2.45, 2.75) is 38.0 Å². The van der Waals surface area contributed by atoms with Gasteiger partial charge in [-0.15, -0.1) is 0 Å². The lowest BCUT2D eigenvalue weighted by Crippen LogP contribution is -2.50. The first-order chi connectivity index (χ1) is 10.6. The number of amides is 1. The quantitative estimate of drug-likeness (QED) is 0.875. The number of carbonyl (C=O) groups is 1. The van der Waals surface area contributed by atoms with Gasteiger partial charge in [0, 0.05) is 30.6 Å². The Morgan fingerprint density at radius 1 is 1.41 bits per heavy atom. The first kappa shape index (κ1) is 15.5. The molecule has 0 bridgehead atoms. The summed E-state index contributed by atoms with van der Waals surface area (Å²) >= 11 is 0. The van der Waals surface area contributed by atoms with Gasteiger partial charge in [-0.25, -0.2) is 0 Å². The molecule has 22 heavy (non-hydrogen) atoms. The Labute approximate surface area is 131 Å². The summed E-state index contributed by atoms with van der Waals surface area (Å²) in [7, 11) is 0. The monoisotopic (exact) mass is 304 g/mol. The Kier molecular flexibility index (Phi) is 4.76. The molecule has 0 aromatic heterocycles. The molecule has 1 saturated carbocycles. The Morgan fingerprint density at radius 3 is 3.00 bits per heavy atom. The lowest BCUT2D eigenvalue weighted by atomic mass is 9.94. The number of aliphatic hydroxyl groups is 1. The van der Waals surface area contributed by atoms with Crippen LogP contribution in [0.2, 0.25) is 0 Å². The number of morpholine rings is 1. The van der Waals surface area contributed by atoms with E-state index in [4.69, 9.17) is 10.5 Å². The molecule has 3 N–H and O–H groups in total. The second-order valence-electron chi connectivity index (χ2n) is 6.34. The van der Waals surface area contributed by atoms with E-state index < -0.39 is 5.91 Å². The first-order valence-electron chi connectivity index (χ1n) is 8.04. The van der Waals surface area contributed by atoms with Crippen LogP contribution in [0.1, 0.15) is 35.2 Å². The number of nitrogens with zero attached hydrogens (tertiary/aromatic N) is 1. The molecule has 0 spiro atoms. The molecule has 1 saturated heterocycles. The van der Waals surface area contributed by atoms with Crippen LogP contribution < -0.4 is 5.73 Å². The van der Waals surface area contributed by atoms with Gasteiger partial charge in [-0.3, -0.25) is 9.69 Å². The fourth-order valence-corrected chi connectivity index (χ4v) is 3.72. The summed E-state index contributed by atoms with van der Waals surface area (Å²) in [6.45, 7) is 3.01. The summed E-state index contributed by atoms with van der Waals surface area (Å²) in [6.07, 6.45) is 2.83. The third-order valence-electron chi connectivity index (χ3n) is 4.90. The fourth-order valence-electron chi connectivity index (χ4n) is 3.72. The first-order valence-corrected chi connectivity index (χ1v) is 8.04. The number of primary amides is 1. The van der Waals surface area contributed by atoms with Gasteiger partial charge in [0.15, 0.2) is 0 Å². The van der Waals surface area contributed by atoms with Gasteiger partial charge in [0.1, 0.15) is 0 Å². The van der Waals surface area contributed by atoms with Gasteiger partial charge < -0.3 is 15.6 Å². The smallest absolute Gasteiger partial charge is 0.248 e. The highest BCUT2D eigenvalue weighted by Gasteiger charge is 2.37. The Hall–Kier alpha value is -1.43. The van der Waals surface area contributed by atoms with Crippen molar-refractivity contribution in [3.63, 3.8) is 0 Å². The summed E-state index contributed by atoms with van der Waals surface area (Å²) in [6, 6.07) is 7.74. The van der Waals surface area contributed by atoms with Crippen molar-refractivity contribution in [1.29, 1.82) is 0 Å². The van der Waals surface area contributed by atoms with Gasteiger partial charge in [0.2, 0.25) is 5.91 Å². The fraction of sp³-hybridized carbons (Fsp3) is 0.588. The molecule has 0 unspecified atom stereocenters. The molecule has 5 nitrogen and oxygen atoms in total. The van der Waals surface area contributed by atoms with E-state index in [0.717, 1.165) is 44.5 Å². The number of hydrogen-bond acceptors (Lipinski definition) is 4. The minimum Gasteiger partial charge on any atom is -0.393 e. The van der Waals surface area contributed by atoms with Crippen LogP contribution in [0.15, 0.2) is 24.3 Å². The van der Waals surface area contributed by atoms with Crippen LogP contribution in [0.3, 0.4) is 0 Å². The predicted molar refractivity (Wildman–Crippen MR) is 83.3 cm³/mol. The average molecular weight is 304 g/mol. The van der Waals surface area contributed by atoms with Crippen molar-refractivity contribution in [1.82, 2.24) is 4.90 Å². The van der Waals surface area contributed by atoms with Crippen LogP contribution in [0.25, 0.3) is 0 Å². The minimum atomic E-state index is -0.397. The van der Waals surface area contributed by atoms with Gasteiger partial charge in [-0.05, 0) is 30.5 Å². The topological polar surface area (TPSA) is 75.8 Å². The number of benzene rings is 1. The molecule has 0 radical (unpaired) electrons. The van der Waals surface area contributed by atoms with Crippen molar-refractivity contribution in [2.75, 3.05) is 19.8 Å². The second kappa shape index (κ2) is 6.77. The van der Waals surface area contributed by atoms with Crippen molar-refractivity contribution in [2.24, 2.45) is 11.7 Å². The van der Waals surface area contributed by atoms with Gasteiger partial charge in [-0.2, -0.15) is 0 Å². The van der Waals surface area contributed by atoms with E-state index in [1.54, 1.807) is 6.07 Å². The van der Waals surface area contributed by atoms with Crippen LogP contribution in [0, 0.1) is 5.92 Å². The van der Waals surface area contributed by atoms with Gasteiger partial charge >= 0.3 is 0 Å². The molecule has 1 aromatic carbocycles. The lowest BCUT2D eigenvalue weighted by molar-refractivity contribution is -0.0536. The number of ether oxygens (including phenoxy) is 1. The van der Waals surface area contributed by atoms with Crippen LogP contribution >= 0.6 is 0 Å². The maximum atomic E-state index is 11.3. The molecule has 3 rings (SSSR count). The SMILES string of the molecule is NC(=O)c1cccc(CN2CCOC[C@@H]2[C@@H]2CCC[C@@H]2O)c1. The normalized spacial score (nSPS) is 29.6. The van der Waals surface area contributed by atoms with Gasteiger partial charge in [-0.1, -0.05) is 18.6 Å². The van der Waals surface area contributed by atoms with E-state index in [2.05, 4.69) is 4.90 Å². The number of nitrogens with two attached hydrogens (primary N) is 1. The molecule has 2 fully saturated rings. The van der Waals surface area contributed by atoms with E-state index in [-0.39, 0.29) is 12.1 Å². The van der Waals surface area contributed by atoms with Crippen LogP contribution in [0.5, 0.6) is 0 Å². The lowest BCUT2D eigenvalue weighted by Gasteiger charge is -2.40. The highest BCUT2D eigenvalue weighted by molar-refractivity contribution is 5.92. The van der Waals surface area contributed by atoms with Gasteiger partial charge in [0.25, 0.3) is 0 Å². The molecule has 1 aliphatic heterocycles. The summed E-state index contributed by atoms with van der Waals surface area (Å²) < 4.78 is 5.65. The van der Waals surface area contributed by atoms with E-state index in [1.165, 1.54) is 0 Å². The highest BCUT2D eigenvalue weighted by atomic mass is 16.5. The van der Waals surface area contributed by atoms with E-state index in [0.29, 0.717) is 18.1 Å². The standard InChI is InChI=1S/C17H24N2O3/c18-17(21)13-4-1-3-12(9-13)10-19-7-8-22-11-15(19)14-5-2-6-16(14)20/h1,3-4,9,14-16,20H,2,5-8,10-11H2,(H2,18,21)/t14-,15+,16-/m0/s1. The number of rotatable bonds is 4. The zero-order valence-corrected chi connectivity index (χ0v) is 12.8. The molecule has 5 heteroatoms. The van der Waals surface area contributed by atoms with Crippen molar-refractivity contribution in [3.05, 3.63) is 35.4 Å². The molecule has 120 valence electrons. The van der Waals surface area contributed by atoms with Crippen LogP contribution in [0.4, 0.5) is 0 Å². The van der Waals surface area contributed by atoms with Crippen LogP contribution in [-0.4, -0.2) is 47.8 Å². The Morgan fingerprint density at radius 2 is 2.27 bits per heavy atom. The van der Waals surface area contributed by atoms with Crippen molar-refractivity contribution < 1.29 is 14.6 Å². The zero-order chi connectivity index (χ0) is 15.5. The minimum absolute atomic E-state index is 0.217. The molecule has 1 amide bonds. The van der Waals surface area contributed by atoms with E-state index in [1.807, 2.05) is 18.2 Å². The summed E-state index contributed by atoms with van der Waals surface area (Å²) in [5.41, 5.74) is 6.98. The molecular weight excluding hydrogens is 280 g/mol. The van der Waals surface area contributed by atoms with Crippen molar-refractivity contribution >= 4 is 5.91 Å². The maximum Gasteiger partial charge on any atom is 0.248 e. The molecule has 2 aliphatic rings. The van der Waals surface area contributed by atoms with Crippen LogP contribution in [-0.2, 0) is 11.3 Å². The highest BCUT2D eigenvalue weighted by Crippen LogP contribution is 2.32. The Balaban J connectivity index is 1.74. The third-order valence-corrected chi connectivity index (χ3v) is 4.90. The number of carbonyl (C=O) groups excluding carboxylic acids is 1. The molecule has 1 aromatic rings. The largest absolute Gasteiger partial charge is 0.393 e. The Bertz CT molecular complexity index is 534. The predicted octanol–water partition coefficient (Wildman–Crippen LogP) is 1.15.